The van der Waals surface area contributed by atoms with E-state index in [1.165, 1.54) is 6.07 Å². The van der Waals surface area contributed by atoms with E-state index in [1.807, 2.05) is 0 Å². The maximum atomic E-state index is 12.4. The van der Waals surface area contributed by atoms with Crippen molar-refractivity contribution in [1.29, 1.82) is 5.41 Å². The van der Waals surface area contributed by atoms with Crippen molar-refractivity contribution >= 4 is 34.2 Å². The first-order chi connectivity index (χ1) is 5.11. The summed E-state index contributed by atoms with van der Waals surface area (Å²) >= 11 is 3.02. The third kappa shape index (κ3) is 2.42. The van der Waals surface area contributed by atoms with Crippen LogP contribution in [0, 0.1) is 11.2 Å². The number of hydrogen-bond acceptors (Lipinski definition) is 2. The fourth-order valence-electron chi connectivity index (χ4n) is 0.613. The number of nitrogens with two attached hydrogens (primary N) is 1. The van der Waals surface area contributed by atoms with Gasteiger partial charge >= 0.3 is 0 Å². The largest absolute Gasteiger partial charge is 0.382 e. The predicted octanol–water partition coefficient (Wildman–Crippen LogP) is 1.69. The summed E-state index contributed by atoms with van der Waals surface area (Å²) in [7, 11) is 0. The second-order valence-electron chi connectivity index (χ2n) is 1.90. The topological polar surface area (TPSA) is 62.8 Å². The zero-order valence-corrected chi connectivity index (χ0v) is 8.25. The lowest BCUT2D eigenvalue weighted by atomic mass is 10.3. The molecule has 12 heavy (non-hydrogen) atoms. The summed E-state index contributed by atoms with van der Waals surface area (Å²) in [5.41, 5.74) is 5.39. The van der Waals surface area contributed by atoms with E-state index < -0.39 is 5.82 Å². The maximum absolute atomic E-state index is 12.4. The van der Waals surface area contributed by atoms with Crippen LogP contribution in [0.5, 0.6) is 0 Å². The van der Waals surface area contributed by atoms with Gasteiger partial charge in [-0.25, -0.2) is 9.37 Å². The van der Waals surface area contributed by atoms with E-state index in [1.54, 1.807) is 0 Å². The zero-order valence-electron chi connectivity index (χ0n) is 5.84. The van der Waals surface area contributed by atoms with Gasteiger partial charge in [-0.1, -0.05) is 0 Å². The Morgan fingerprint density at radius 3 is 2.67 bits per heavy atom. The number of halogens is 3. The Labute approximate surface area is 83.2 Å². The molecule has 0 bridgehead atoms. The van der Waals surface area contributed by atoms with Crippen molar-refractivity contribution in [2.45, 2.75) is 0 Å². The van der Waals surface area contributed by atoms with Crippen LogP contribution in [-0.4, -0.2) is 10.8 Å². The van der Waals surface area contributed by atoms with Crippen molar-refractivity contribution in [3.8, 4) is 0 Å². The number of nitrogens with one attached hydrogen (secondary N) is 1. The Morgan fingerprint density at radius 1 is 1.67 bits per heavy atom. The van der Waals surface area contributed by atoms with Crippen LogP contribution >= 0.6 is 28.3 Å². The highest BCUT2D eigenvalue weighted by Crippen LogP contribution is 2.14. The lowest BCUT2D eigenvalue weighted by molar-refractivity contribution is 0.620. The number of nitrogen functional groups attached to an aromatic ring is 1. The summed E-state index contributed by atoms with van der Waals surface area (Å²) in [6.07, 6.45) is 1.02. The summed E-state index contributed by atoms with van der Waals surface area (Å²) in [6, 6.07) is 1.21. The summed E-state index contributed by atoms with van der Waals surface area (Å²) in [6.45, 7) is 0. The van der Waals surface area contributed by atoms with Crippen LogP contribution in [0.25, 0.3) is 0 Å². The zero-order chi connectivity index (χ0) is 8.43. The minimum absolute atomic E-state index is 0. The Balaban J connectivity index is 0.00000121. The number of amidine groups is 1. The fraction of sp³-hybridized carbons (Fsp3) is 0. The molecule has 0 unspecified atom stereocenters. The first-order valence-electron chi connectivity index (χ1n) is 2.76. The van der Waals surface area contributed by atoms with Crippen molar-refractivity contribution in [1.82, 2.24) is 4.98 Å². The van der Waals surface area contributed by atoms with Crippen LogP contribution in [0.3, 0.4) is 0 Å². The van der Waals surface area contributed by atoms with Gasteiger partial charge < -0.3 is 5.73 Å². The van der Waals surface area contributed by atoms with Crippen molar-refractivity contribution in [3.63, 3.8) is 0 Å². The second kappa shape index (κ2) is 4.37. The summed E-state index contributed by atoms with van der Waals surface area (Å²) in [4.78, 5) is 3.61. The van der Waals surface area contributed by atoms with Crippen LogP contribution in [-0.2, 0) is 0 Å². The quantitative estimate of drug-likeness (QED) is 0.592. The molecule has 0 aliphatic carbocycles. The first-order valence-corrected chi connectivity index (χ1v) is 3.56. The molecule has 1 heterocycles. The number of aromatic nitrogens is 1. The number of hydrogen-bond donors (Lipinski definition) is 2. The number of rotatable bonds is 1. The van der Waals surface area contributed by atoms with Crippen LogP contribution in [0.15, 0.2) is 16.7 Å². The average molecular weight is 254 g/mol. The molecule has 0 spiro atoms. The van der Waals surface area contributed by atoms with Gasteiger partial charge in [0.15, 0.2) is 0 Å². The molecule has 1 aromatic heterocycles. The minimum Gasteiger partial charge on any atom is -0.382 e. The summed E-state index contributed by atoms with van der Waals surface area (Å²) in [5, 5.41) is 7.01. The molecule has 0 saturated heterocycles. The molecule has 66 valence electrons. The van der Waals surface area contributed by atoms with Crippen molar-refractivity contribution in [3.05, 3.63) is 28.2 Å². The monoisotopic (exact) mass is 253 g/mol. The Kier molecular flexibility index (Phi) is 4.12. The molecular formula is C6H6BrClFN3. The van der Waals surface area contributed by atoms with Gasteiger partial charge in [0.05, 0.1) is 6.20 Å². The van der Waals surface area contributed by atoms with E-state index in [0.29, 0.717) is 4.47 Å². The molecule has 0 radical (unpaired) electrons. The van der Waals surface area contributed by atoms with Crippen molar-refractivity contribution < 1.29 is 4.39 Å². The van der Waals surface area contributed by atoms with Gasteiger partial charge in [-0.15, -0.1) is 12.4 Å². The molecule has 0 aliphatic heterocycles. The molecule has 0 aliphatic rings. The smallest absolute Gasteiger partial charge is 0.142 e. The third-order valence-electron chi connectivity index (χ3n) is 1.06. The van der Waals surface area contributed by atoms with Gasteiger partial charge in [-0.3, -0.25) is 5.41 Å². The van der Waals surface area contributed by atoms with Crippen molar-refractivity contribution in [2.24, 2.45) is 5.73 Å². The van der Waals surface area contributed by atoms with Gasteiger partial charge in [0.25, 0.3) is 0 Å². The normalized spacial score (nSPS) is 8.83. The lowest BCUT2D eigenvalue weighted by Gasteiger charge is -1.98. The highest BCUT2D eigenvalue weighted by Gasteiger charge is 2.04. The van der Waals surface area contributed by atoms with Gasteiger partial charge in [0.1, 0.15) is 17.3 Å². The highest BCUT2D eigenvalue weighted by molar-refractivity contribution is 9.10. The Bertz CT molecular complexity index is 305. The molecule has 1 aromatic rings. The van der Waals surface area contributed by atoms with E-state index in [2.05, 4.69) is 20.9 Å². The molecule has 0 aromatic carbocycles. The van der Waals surface area contributed by atoms with Crippen LogP contribution in [0.4, 0.5) is 4.39 Å². The molecule has 6 heteroatoms. The highest BCUT2D eigenvalue weighted by atomic mass is 79.9. The van der Waals surface area contributed by atoms with E-state index in [0.717, 1.165) is 6.20 Å². The van der Waals surface area contributed by atoms with Gasteiger partial charge in [0, 0.05) is 4.47 Å². The molecule has 0 amide bonds. The minimum atomic E-state index is -0.457. The summed E-state index contributed by atoms with van der Waals surface area (Å²) < 4.78 is 12.8. The van der Waals surface area contributed by atoms with Gasteiger partial charge in [-0.2, -0.15) is 0 Å². The van der Waals surface area contributed by atoms with Crippen LogP contribution in [0.2, 0.25) is 0 Å². The standard InChI is InChI=1S/C6H5BrFN3.ClH/c7-4-1-3(8)2-11-5(4)6(9)10;/h1-2H,(H3,9,10);1H. The summed E-state index contributed by atoms with van der Waals surface area (Å²) in [5.74, 6) is -0.640. The molecular weight excluding hydrogens is 248 g/mol. The molecule has 0 fully saturated rings. The predicted molar refractivity (Wildman–Crippen MR) is 50.2 cm³/mol. The average Bonchev–Trinajstić information content (AvgIpc) is 1.85. The number of nitrogens with zero attached hydrogens (tertiary/aromatic N) is 1. The van der Waals surface area contributed by atoms with Crippen LogP contribution in [0.1, 0.15) is 5.69 Å². The first kappa shape index (κ1) is 11.3. The van der Waals surface area contributed by atoms with Gasteiger partial charge in [0.2, 0.25) is 0 Å². The lowest BCUT2D eigenvalue weighted by Crippen LogP contribution is -2.13. The Hall–Kier alpha value is -0.680. The maximum Gasteiger partial charge on any atom is 0.142 e. The second-order valence-corrected chi connectivity index (χ2v) is 2.75. The Morgan fingerprint density at radius 2 is 2.25 bits per heavy atom. The van der Waals surface area contributed by atoms with E-state index in [4.69, 9.17) is 11.1 Å². The molecule has 3 nitrogen and oxygen atoms in total. The third-order valence-corrected chi connectivity index (χ3v) is 1.67. The SMILES string of the molecule is Cl.N=C(N)c1ncc(F)cc1Br. The molecule has 0 atom stereocenters. The molecule has 0 saturated carbocycles. The number of pyridine rings is 1. The molecule has 3 N–H and O–H groups in total. The van der Waals surface area contributed by atoms with Crippen molar-refractivity contribution in [2.75, 3.05) is 0 Å². The van der Waals surface area contributed by atoms with E-state index in [-0.39, 0.29) is 23.9 Å². The van der Waals surface area contributed by atoms with Crippen LogP contribution < -0.4 is 5.73 Å². The van der Waals surface area contributed by atoms with Gasteiger partial charge in [-0.05, 0) is 22.0 Å². The van der Waals surface area contributed by atoms with E-state index in [9.17, 15) is 4.39 Å². The fourth-order valence-corrected chi connectivity index (χ4v) is 1.15. The molecule has 1 rings (SSSR count). The van der Waals surface area contributed by atoms with E-state index >= 15 is 0 Å².